The molecular formula is C27H47N5OS. The van der Waals surface area contributed by atoms with Crippen LogP contribution in [0.3, 0.4) is 0 Å². The smallest absolute Gasteiger partial charge is 0.226 e. The number of carbonyl (C=O) groups excluding carboxylic acids is 1. The van der Waals surface area contributed by atoms with E-state index in [0.717, 1.165) is 23.5 Å². The molecule has 0 saturated carbocycles. The van der Waals surface area contributed by atoms with Gasteiger partial charge in [-0.2, -0.15) is 5.10 Å². The van der Waals surface area contributed by atoms with E-state index in [0.29, 0.717) is 11.6 Å². The summed E-state index contributed by atoms with van der Waals surface area (Å²) in [5, 5.41) is 8.78. The minimum absolute atomic E-state index is 0.0500. The Hall–Kier alpha value is -1.76. The summed E-state index contributed by atoms with van der Waals surface area (Å²) in [6, 6.07) is 0. The Balaban J connectivity index is 1.52. The van der Waals surface area contributed by atoms with Crippen molar-refractivity contribution in [2.24, 2.45) is 0 Å². The minimum atomic E-state index is -0.144. The first-order valence-corrected chi connectivity index (χ1v) is 14.4. The van der Waals surface area contributed by atoms with Crippen LogP contribution in [-0.4, -0.2) is 25.7 Å². The van der Waals surface area contributed by atoms with Gasteiger partial charge < -0.3 is 5.32 Å². The van der Waals surface area contributed by atoms with Crippen molar-refractivity contribution < 1.29 is 4.79 Å². The molecule has 2 aromatic heterocycles. The van der Waals surface area contributed by atoms with Gasteiger partial charge in [-0.15, -0.1) is 0 Å². The third-order valence-electron chi connectivity index (χ3n) is 6.20. The second kappa shape index (κ2) is 16.0. The monoisotopic (exact) mass is 489 g/mol. The molecule has 1 amide bonds. The molecular weight excluding hydrogens is 442 g/mol. The SMILES string of the molecule is CCCCCCCCCCCCCCCCCC(=O)Nc1nc(C(C)(C)C)c(-n2cncn2)s1. The molecule has 0 aliphatic heterocycles. The fraction of sp³-hybridized carbons (Fsp3) is 0.778. The van der Waals surface area contributed by atoms with Gasteiger partial charge in [-0.3, -0.25) is 4.79 Å². The van der Waals surface area contributed by atoms with Crippen molar-refractivity contribution >= 4 is 22.4 Å². The molecule has 192 valence electrons. The first-order valence-electron chi connectivity index (χ1n) is 13.6. The fourth-order valence-corrected chi connectivity index (χ4v) is 5.28. The summed E-state index contributed by atoms with van der Waals surface area (Å²) in [4.78, 5) is 21.2. The topological polar surface area (TPSA) is 72.7 Å². The molecule has 0 atom stereocenters. The summed E-state index contributed by atoms with van der Waals surface area (Å²) < 4.78 is 1.72. The molecule has 34 heavy (non-hydrogen) atoms. The maximum Gasteiger partial charge on any atom is 0.226 e. The van der Waals surface area contributed by atoms with E-state index in [4.69, 9.17) is 4.98 Å². The van der Waals surface area contributed by atoms with E-state index >= 15 is 0 Å². The Morgan fingerprint density at radius 3 is 1.88 bits per heavy atom. The van der Waals surface area contributed by atoms with Crippen LogP contribution in [0.25, 0.3) is 5.00 Å². The van der Waals surface area contributed by atoms with Gasteiger partial charge >= 0.3 is 0 Å². The molecule has 2 rings (SSSR count). The Labute approximate surface area is 211 Å². The Morgan fingerprint density at radius 2 is 1.41 bits per heavy atom. The number of aromatic nitrogens is 4. The van der Waals surface area contributed by atoms with Crippen LogP contribution in [0.2, 0.25) is 0 Å². The molecule has 6 nitrogen and oxygen atoms in total. The van der Waals surface area contributed by atoms with Crippen LogP contribution in [0.5, 0.6) is 0 Å². The van der Waals surface area contributed by atoms with Crippen molar-refractivity contribution in [3.05, 3.63) is 18.3 Å². The van der Waals surface area contributed by atoms with Gasteiger partial charge in [0.25, 0.3) is 0 Å². The summed E-state index contributed by atoms with van der Waals surface area (Å²) in [7, 11) is 0. The largest absolute Gasteiger partial charge is 0.302 e. The van der Waals surface area contributed by atoms with Gasteiger partial charge in [-0.1, -0.05) is 129 Å². The van der Waals surface area contributed by atoms with E-state index < -0.39 is 0 Å². The molecule has 7 heteroatoms. The van der Waals surface area contributed by atoms with Crippen molar-refractivity contribution in [1.82, 2.24) is 19.7 Å². The van der Waals surface area contributed by atoms with Crippen molar-refractivity contribution in [3.8, 4) is 5.00 Å². The maximum atomic E-state index is 12.4. The Bertz CT molecular complexity index is 795. The van der Waals surface area contributed by atoms with E-state index in [1.165, 1.54) is 101 Å². The van der Waals surface area contributed by atoms with Gasteiger partial charge in [0.1, 0.15) is 17.7 Å². The minimum Gasteiger partial charge on any atom is -0.302 e. The molecule has 1 N–H and O–H groups in total. The van der Waals surface area contributed by atoms with E-state index in [-0.39, 0.29) is 11.3 Å². The number of unbranched alkanes of at least 4 members (excludes halogenated alkanes) is 14. The second-order valence-electron chi connectivity index (χ2n) is 10.5. The fourth-order valence-electron chi connectivity index (χ4n) is 4.16. The quantitative estimate of drug-likeness (QED) is 0.214. The molecule has 0 unspecified atom stereocenters. The first-order chi connectivity index (χ1) is 16.4. The van der Waals surface area contributed by atoms with Crippen molar-refractivity contribution in [1.29, 1.82) is 0 Å². The number of rotatable bonds is 18. The summed E-state index contributed by atoms with van der Waals surface area (Å²) in [5.41, 5.74) is 0.778. The highest BCUT2D eigenvalue weighted by atomic mass is 32.1. The number of nitrogens with one attached hydrogen (secondary N) is 1. The molecule has 0 aliphatic carbocycles. The molecule has 0 spiro atoms. The average molecular weight is 490 g/mol. The average Bonchev–Trinajstić information content (AvgIpc) is 3.46. The normalized spacial score (nSPS) is 11.8. The molecule has 0 aliphatic rings. The second-order valence-corrected chi connectivity index (χ2v) is 11.5. The highest BCUT2D eigenvalue weighted by molar-refractivity contribution is 7.18. The lowest BCUT2D eigenvalue weighted by molar-refractivity contribution is -0.116. The van der Waals surface area contributed by atoms with Crippen molar-refractivity contribution in [2.75, 3.05) is 5.32 Å². The van der Waals surface area contributed by atoms with Crippen LogP contribution >= 0.6 is 11.3 Å². The standard InChI is InChI=1S/C27H47N5OS/c1-5-6-7-8-9-10-11-12-13-14-15-16-17-18-19-20-23(33)30-26-31-24(27(2,3)4)25(34-26)32-22-28-21-29-32/h21-22H,5-20H2,1-4H3,(H,30,31,33). The van der Waals surface area contributed by atoms with Gasteiger partial charge in [0.2, 0.25) is 5.91 Å². The molecule has 0 radical (unpaired) electrons. The third kappa shape index (κ3) is 11.1. The van der Waals surface area contributed by atoms with Gasteiger partial charge in [-0.25, -0.2) is 14.6 Å². The van der Waals surface area contributed by atoms with E-state index in [2.05, 4.69) is 43.1 Å². The molecule has 0 fully saturated rings. The number of hydrogen-bond acceptors (Lipinski definition) is 5. The highest BCUT2D eigenvalue weighted by Gasteiger charge is 2.25. The summed E-state index contributed by atoms with van der Waals surface area (Å²) >= 11 is 1.45. The number of anilines is 1. The lowest BCUT2D eigenvalue weighted by atomic mass is 9.92. The first kappa shape index (κ1) is 28.5. The zero-order valence-electron chi connectivity index (χ0n) is 22.1. The Kier molecular flexibility index (Phi) is 13.4. The van der Waals surface area contributed by atoms with Gasteiger partial charge in [-0.05, 0) is 6.42 Å². The lowest BCUT2D eigenvalue weighted by Gasteiger charge is -2.16. The van der Waals surface area contributed by atoms with Crippen LogP contribution in [-0.2, 0) is 10.2 Å². The van der Waals surface area contributed by atoms with Gasteiger partial charge in [0.05, 0.1) is 5.69 Å². The molecule has 2 aromatic rings. The number of amides is 1. The van der Waals surface area contributed by atoms with Crippen LogP contribution < -0.4 is 5.32 Å². The lowest BCUT2D eigenvalue weighted by Crippen LogP contribution is -2.16. The molecule has 2 heterocycles. The number of nitrogens with zero attached hydrogens (tertiary/aromatic N) is 4. The number of hydrogen-bond donors (Lipinski definition) is 1. The zero-order chi connectivity index (χ0) is 24.7. The van der Waals surface area contributed by atoms with Gasteiger partial charge in [0.15, 0.2) is 5.13 Å². The Morgan fingerprint density at radius 1 is 0.882 bits per heavy atom. The van der Waals surface area contributed by atoms with Crippen molar-refractivity contribution in [2.45, 2.75) is 136 Å². The van der Waals surface area contributed by atoms with Crippen LogP contribution in [0, 0.1) is 0 Å². The van der Waals surface area contributed by atoms with Crippen molar-refractivity contribution in [3.63, 3.8) is 0 Å². The molecule has 0 saturated heterocycles. The summed E-state index contributed by atoms with van der Waals surface area (Å²) in [6.45, 7) is 8.62. The summed E-state index contributed by atoms with van der Waals surface area (Å²) in [6.07, 6.45) is 23.7. The van der Waals surface area contributed by atoms with E-state index in [1.807, 2.05) is 0 Å². The predicted molar refractivity (Wildman–Crippen MR) is 144 cm³/mol. The van der Waals surface area contributed by atoms with E-state index in [9.17, 15) is 4.79 Å². The number of carbonyl (C=O) groups is 1. The maximum absolute atomic E-state index is 12.4. The predicted octanol–water partition coefficient (Wildman–Crippen LogP) is 8.22. The van der Waals surface area contributed by atoms with Crippen LogP contribution in [0.15, 0.2) is 12.7 Å². The zero-order valence-corrected chi connectivity index (χ0v) is 22.9. The van der Waals surface area contributed by atoms with E-state index in [1.54, 1.807) is 11.0 Å². The summed E-state index contributed by atoms with van der Waals surface area (Å²) in [5.74, 6) is 0.0500. The molecule has 0 aromatic carbocycles. The third-order valence-corrected chi connectivity index (χ3v) is 7.16. The molecule has 0 bridgehead atoms. The highest BCUT2D eigenvalue weighted by Crippen LogP contribution is 2.34. The van der Waals surface area contributed by atoms with Crippen LogP contribution in [0.1, 0.15) is 136 Å². The van der Waals surface area contributed by atoms with Gasteiger partial charge in [0, 0.05) is 11.8 Å². The number of thiazole rings is 1. The van der Waals surface area contributed by atoms with Crippen LogP contribution in [0.4, 0.5) is 5.13 Å².